The molecule has 0 spiro atoms. The normalized spacial score (nSPS) is 41.5. The zero-order valence-electron chi connectivity index (χ0n) is 38.5. The zero-order valence-corrected chi connectivity index (χ0v) is 38.5. The highest BCUT2D eigenvalue weighted by atomic mass is 16.7. The Hall–Kier alpha value is -3.44. The van der Waals surface area contributed by atoms with E-state index in [2.05, 4.69) is 0 Å². The third-order valence-corrected chi connectivity index (χ3v) is 12.2. The van der Waals surface area contributed by atoms with Crippen LogP contribution in [0.15, 0.2) is 85.1 Å². The standard InChI is InChI=1S/C48H75NO17/c1-28-18-16-14-12-10-8-6-7-9-11-13-15-17-19-35(65-47-45(59)42(49)44(58)31(4)64-47)25-39-41(46(60)62-5)38(55)27-48(61,66-39)26-34(52)23-37(54)36(53)21-20-32(50)22-33(51)24-40(56)63-30(3)29(2)43(28)57/h6-19,28-39,41-45,47,50-55,57-59,61H,20-27,49H2,1-5H3/t28?,29?,30?,31-,32?,33?,34?,35?,36?,37?,38?,39?,41?,42+,43?,44-,45+,47+,48?/m1/s1. The lowest BCUT2D eigenvalue weighted by Gasteiger charge is -2.45. The molecule has 3 rings (SSSR count). The third-order valence-electron chi connectivity index (χ3n) is 12.2. The van der Waals surface area contributed by atoms with Crippen molar-refractivity contribution in [2.75, 3.05) is 7.11 Å². The Labute approximate surface area is 387 Å². The van der Waals surface area contributed by atoms with Gasteiger partial charge in [-0.3, -0.25) is 9.59 Å². The summed E-state index contributed by atoms with van der Waals surface area (Å²) in [6, 6.07) is -1.13. The van der Waals surface area contributed by atoms with Gasteiger partial charge in [0.2, 0.25) is 0 Å². The van der Waals surface area contributed by atoms with E-state index < -0.39 is 147 Å². The fourth-order valence-corrected chi connectivity index (χ4v) is 8.09. The molecule has 2 fully saturated rings. The number of ether oxygens (including phenoxy) is 5. The summed E-state index contributed by atoms with van der Waals surface area (Å²) in [6.45, 7) is 6.78. The maximum absolute atomic E-state index is 13.1. The van der Waals surface area contributed by atoms with Crippen LogP contribution in [0.2, 0.25) is 0 Å². The number of esters is 2. The predicted octanol–water partition coefficient (Wildman–Crippen LogP) is 0.800. The van der Waals surface area contributed by atoms with Crippen LogP contribution in [0.1, 0.15) is 79.1 Å². The maximum Gasteiger partial charge on any atom is 0.313 e. The van der Waals surface area contributed by atoms with E-state index in [1.54, 1.807) is 75.5 Å². The van der Waals surface area contributed by atoms with Gasteiger partial charge in [0.05, 0.1) is 86.7 Å². The van der Waals surface area contributed by atoms with E-state index in [0.717, 1.165) is 7.11 Å². The van der Waals surface area contributed by atoms with Crippen LogP contribution in [0.25, 0.3) is 0 Å². The molecule has 0 amide bonds. The van der Waals surface area contributed by atoms with Crippen molar-refractivity contribution < 1.29 is 84.3 Å². The number of hydrogen-bond donors (Lipinski definition) is 11. The van der Waals surface area contributed by atoms with Crippen LogP contribution in [-0.4, -0.2) is 168 Å². The number of carbonyl (C=O) groups is 2. The van der Waals surface area contributed by atoms with Gasteiger partial charge in [0.1, 0.15) is 18.1 Å². The summed E-state index contributed by atoms with van der Waals surface area (Å²) in [5.41, 5.74) is 6.05. The Kier molecular flexibility index (Phi) is 24.3. The smallest absolute Gasteiger partial charge is 0.313 e. The fourth-order valence-electron chi connectivity index (χ4n) is 8.09. The molecule has 19 atom stereocenters. The quantitative estimate of drug-likeness (QED) is 0.174. The lowest BCUT2D eigenvalue weighted by Crippen LogP contribution is -2.61. The van der Waals surface area contributed by atoms with E-state index in [1.165, 1.54) is 0 Å². The number of hydrogen-bond acceptors (Lipinski definition) is 18. The van der Waals surface area contributed by atoms with Crippen molar-refractivity contribution in [2.24, 2.45) is 23.5 Å². The highest BCUT2D eigenvalue weighted by Crippen LogP contribution is 2.38. The van der Waals surface area contributed by atoms with Crippen LogP contribution in [-0.2, 0) is 33.3 Å². The minimum atomic E-state index is -2.27. The van der Waals surface area contributed by atoms with Gasteiger partial charge < -0.3 is 80.5 Å². The average molecular weight is 938 g/mol. The zero-order chi connectivity index (χ0) is 49.1. The second-order valence-corrected chi connectivity index (χ2v) is 17.8. The first-order valence-corrected chi connectivity index (χ1v) is 22.7. The van der Waals surface area contributed by atoms with Crippen LogP contribution in [0, 0.1) is 17.8 Å². The maximum atomic E-state index is 13.1. The molecule has 14 unspecified atom stereocenters. The van der Waals surface area contributed by atoms with E-state index in [-0.39, 0.29) is 31.6 Å². The summed E-state index contributed by atoms with van der Waals surface area (Å²) < 4.78 is 28.4. The molecule has 0 aliphatic carbocycles. The van der Waals surface area contributed by atoms with Crippen LogP contribution >= 0.6 is 0 Å². The number of allylic oxidation sites excluding steroid dienone is 12. The highest BCUT2D eigenvalue weighted by Gasteiger charge is 2.51. The summed E-state index contributed by atoms with van der Waals surface area (Å²) in [7, 11) is 1.12. The number of methoxy groups -OCH3 is 1. The van der Waals surface area contributed by atoms with Crippen LogP contribution in [0.4, 0.5) is 0 Å². The molecule has 0 aromatic rings. The summed E-state index contributed by atoms with van der Waals surface area (Å²) in [5.74, 6) is -5.93. The largest absolute Gasteiger partial charge is 0.469 e. The van der Waals surface area contributed by atoms with Crippen molar-refractivity contribution in [3.05, 3.63) is 85.1 Å². The van der Waals surface area contributed by atoms with E-state index in [0.29, 0.717) is 0 Å². The Morgan fingerprint density at radius 2 is 1.24 bits per heavy atom. The van der Waals surface area contributed by atoms with Gasteiger partial charge in [0, 0.05) is 37.5 Å². The molecule has 2 bridgehead atoms. The fraction of sp³-hybridized carbons (Fsp3) is 0.667. The molecule has 0 saturated carbocycles. The van der Waals surface area contributed by atoms with Crippen molar-refractivity contribution in [2.45, 2.75) is 177 Å². The first-order chi connectivity index (χ1) is 31.2. The van der Waals surface area contributed by atoms with Gasteiger partial charge in [-0.2, -0.15) is 0 Å². The molecule has 66 heavy (non-hydrogen) atoms. The number of fused-ring (bicyclic) bond motifs is 2. The van der Waals surface area contributed by atoms with Gasteiger partial charge in [0.15, 0.2) is 12.1 Å². The lowest BCUT2D eigenvalue weighted by molar-refractivity contribution is -0.308. The van der Waals surface area contributed by atoms with E-state index >= 15 is 0 Å². The molecule has 3 aliphatic rings. The van der Waals surface area contributed by atoms with Gasteiger partial charge in [-0.15, -0.1) is 0 Å². The van der Waals surface area contributed by atoms with E-state index in [1.807, 2.05) is 37.3 Å². The highest BCUT2D eigenvalue weighted by molar-refractivity contribution is 5.74. The number of rotatable bonds is 3. The topological polar surface area (TPSA) is 309 Å². The molecule has 3 heterocycles. The molecule has 374 valence electrons. The molecule has 18 heteroatoms. The average Bonchev–Trinajstić information content (AvgIpc) is 3.24. The molecule has 2 saturated heterocycles. The molecule has 0 aromatic heterocycles. The first kappa shape index (κ1) is 56.9. The number of aliphatic hydroxyl groups is 10. The van der Waals surface area contributed by atoms with Crippen molar-refractivity contribution in [1.82, 2.24) is 0 Å². The summed E-state index contributed by atoms with van der Waals surface area (Å²) in [4.78, 5) is 25.7. The van der Waals surface area contributed by atoms with Gasteiger partial charge >= 0.3 is 11.9 Å². The number of nitrogens with two attached hydrogens (primary N) is 1. The molecule has 0 aromatic carbocycles. The minimum Gasteiger partial charge on any atom is -0.469 e. The monoisotopic (exact) mass is 938 g/mol. The van der Waals surface area contributed by atoms with Gasteiger partial charge in [0.25, 0.3) is 0 Å². The van der Waals surface area contributed by atoms with Crippen molar-refractivity contribution in [3.63, 3.8) is 0 Å². The van der Waals surface area contributed by atoms with Crippen molar-refractivity contribution in [3.8, 4) is 0 Å². The van der Waals surface area contributed by atoms with Gasteiger partial charge in [-0.25, -0.2) is 0 Å². The molecular formula is C48H75NO17. The first-order valence-electron chi connectivity index (χ1n) is 22.7. The molecule has 18 nitrogen and oxygen atoms in total. The third kappa shape index (κ3) is 18.6. The van der Waals surface area contributed by atoms with Crippen LogP contribution in [0.3, 0.4) is 0 Å². The summed E-state index contributed by atoms with van der Waals surface area (Å²) >= 11 is 0. The van der Waals surface area contributed by atoms with Crippen molar-refractivity contribution >= 4 is 11.9 Å². The van der Waals surface area contributed by atoms with Gasteiger partial charge in [-0.05, 0) is 33.1 Å². The lowest BCUT2D eigenvalue weighted by atomic mass is 9.82. The number of carbonyl (C=O) groups excluding carboxylic acids is 2. The number of cyclic esters (lactones) is 1. The molecule has 0 radical (unpaired) electrons. The van der Waals surface area contributed by atoms with Gasteiger partial charge in [-0.1, -0.05) is 98.9 Å². The van der Waals surface area contributed by atoms with Crippen LogP contribution in [0.5, 0.6) is 0 Å². The molecule has 3 aliphatic heterocycles. The Balaban J connectivity index is 1.88. The predicted molar refractivity (Wildman–Crippen MR) is 241 cm³/mol. The SMILES string of the molecule is COC(=O)C1C(O)CC2(O)CC(O)CC(O)C(O)CCC(O)CC(O)CC(=O)OC(C)C(C)C(O)C(C)C=CC=CC=CC=CC=CC=CC=CC(O[C@@H]3O[C@H](C)[C@@H](O)[C@H](N)[C@@H]3O)CC1O2. The molecule has 12 N–H and O–H groups in total. The Morgan fingerprint density at radius 1 is 0.667 bits per heavy atom. The number of aliphatic hydroxyl groups excluding tert-OH is 9. The van der Waals surface area contributed by atoms with Crippen LogP contribution < -0.4 is 5.73 Å². The summed E-state index contributed by atoms with van der Waals surface area (Å²) in [6.07, 6.45) is 4.50. The van der Waals surface area contributed by atoms with E-state index in [4.69, 9.17) is 29.4 Å². The van der Waals surface area contributed by atoms with Crippen molar-refractivity contribution in [1.29, 1.82) is 0 Å². The minimum absolute atomic E-state index is 0.0949. The Bertz CT molecular complexity index is 1680. The summed E-state index contributed by atoms with van der Waals surface area (Å²) in [5, 5.41) is 109. The Morgan fingerprint density at radius 3 is 1.83 bits per heavy atom. The second kappa shape index (κ2) is 28.1. The molecular weight excluding hydrogens is 863 g/mol. The second-order valence-electron chi connectivity index (χ2n) is 17.8. The van der Waals surface area contributed by atoms with E-state index in [9.17, 15) is 60.7 Å².